The number of hydrogen-bond acceptors (Lipinski definition) is 3. The summed E-state index contributed by atoms with van der Waals surface area (Å²) in [5.41, 5.74) is 6.63. The van der Waals surface area contributed by atoms with Crippen LogP contribution in [0.15, 0.2) is 60.3 Å². The zero-order chi connectivity index (χ0) is 19.6. The van der Waals surface area contributed by atoms with Gasteiger partial charge in [0, 0.05) is 13.5 Å². The van der Waals surface area contributed by atoms with Crippen LogP contribution in [0, 0.1) is 5.82 Å². The molecular formula is C19H19FN4O2S. The van der Waals surface area contributed by atoms with E-state index in [1.54, 1.807) is 30.3 Å². The quantitative estimate of drug-likeness (QED) is 0.359. The second kappa shape index (κ2) is 10.0. The number of rotatable bonds is 5. The van der Waals surface area contributed by atoms with Crippen LogP contribution in [0.3, 0.4) is 0 Å². The van der Waals surface area contributed by atoms with Gasteiger partial charge in [0.05, 0.1) is 0 Å². The summed E-state index contributed by atoms with van der Waals surface area (Å²) in [6.45, 7) is 1.68. The highest BCUT2D eigenvalue weighted by Crippen LogP contribution is 2.05. The van der Waals surface area contributed by atoms with Crippen molar-refractivity contribution in [3.63, 3.8) is 0 Å². The second-order valence-corrected chi connectivity index (χ2v) is 5.95. The van der Waals surface area contributed by atoms with Gasteiger partial charge in [0.2, 0.25) is 5.91 Å². The maximum atomic E-state index is 12.9. The molecule has 2 aromatic rings. The molecule has 4 N–H and O–H groups in total. The molecule has 0 aromatic heterocycles. The Morgan fingerprint density at radius 1 is 1.04 bits per heavy atom. The van der Waals surface area contributed by atoms with Crippen molar-refractivity contribution in [1.82, 2.24) is 21.5 Å². The van der Waals surface area contributed by atoms with Crippen molar-refractivity contribution in [3.05, 3.63) is 77.2 Å². The van der Waals surface area contributed by atoms with Crippen molar-refractivity contribution in [2.24, 2.45) is 0 Å². The topological polar surface area (TPSA) is 82.3 Å². The lowest BCUT2D eigenvalue weighted by Crippen LogP contribution is -2.48. The Bertz CT molecular complexity index is 839. The fourth-order valence-corrected chi connectivity index (χ4v) is 2.20. The van der Waals surface area contributed by atoms with Crippen LogP contribution in [0.2, 0.25) is 0 Å². The van der Waals surface area contributed by atoms with E-state index in [9.17, 15) is 14.0 Å². The summed E-state index contributed by atoms with van der Waals surface area (Å²) in [7, 11) is 0. The summed E-state index contributed by atoms with van der Waals surface area (Å²) in [5.74, 6) is -1.24. The van der Waals surface area contributed by atoms with Crippen LogP contribution < -0.4 is 21.5 Å². The first-order chi connectivity index (χ1) is 12.9. The third-order valence-corrected chi connectivity index (χ3v) is 3.57. The van der Waals surface area contributed by atoms with Gasteiger partial charge in [-0.25, -0.2) is 4.39 Å². The van der Waals surface area contributed by atoms with Crippen LogP contribution in [0.5, 0.6) is 0 Å². The van der Waals surface area contributed by atoms with Crippen LogP contribution in [-0.4, -0.2) is 16.9 Å². The molecule has 0 aliphatic carbocycles. The molecule has 0 saturated heterocycles. The van der Waals surface area contributed by atoms with Gasteiger partial charge in [-0.1, -0.05) is 42.5 Å². The number of hydrogen-bond donors (Lipinski definition) is 4. The Kier molecular flexibility index (Phi) is 7.45. The van der Waals surface area contributed by atoms with Gasteiger partial charge in [-0.3, -0.25) is 20.4 Å². The number of thiocarbonyl (C=S) groups is 1. The molecule has 27 heavy (non-hydrogen) atoms. The maximum absolute atomic E-state index is 12.9. The Hall–Kier alpha value is -3.26. The molecule has 2 amide bonds. The average molecular weight is 386 g/mol. The Balaban J connectivity index is 1.90. The third kappa shape index (κ3) is 7.25. The summed E-state index contributed by atoms with van der Waals surface area (Å²) >= 11 is 5.08. The van der Waals surface area contributed by atoms with E-state index in [0.29, 0.717) is 6.54 Å². The number of carbonyl (C=O) groups is 2. The standard InChI is InChI=1S/C19H19FN4O2S/c1-13(25)22-17(11-14-5-3-2-4-6-14)18(26)23-24-19(27)21-12-15-7-9-16(20)10-8-15/h2-11H,12H2,1H3,(H,22,25)(H,23,26)(H2,21,24,27)/b17-11-. The molecule has 0 fully saturated rings. The van der Waals surface area contributed by atoms with E-state index in [2.05, 4.69) is 21.5 Å². The highest BCUT2D eigenvalue weighted by Gasteiger charge is 2.11. The van der Waals surface area contributed by atoms with Crippen LogP contribution in [0.25, 0.3) is 6.08 Å². The van der Waals surface area contributed by atoms with Crippen molar-refractivity contribution in [3.8, 4) is 0 Å². The number of amides is 2. The van der Waals surface area contributed by atoms with E-state index in [4.69, 9.17) is 12.2 Å². The molecule has 140 valence electrons. The first-order valence-electron chi connectivity index (χ1n) is 8.07. The lowest BCUT2D eigenvalue weighted by Gasteiger charge is -2.13. The van der Waals surface area contributed by atoms with Gasteiger partial charge < -0.3 is 10.6 Å². The summed E-state index contributed by atoms with van der Waals surface area (Å²) in [5, 5.41) is 5.54. The molecule has 0 heterocycles. The van der Waals surface area contributed by atoms with Crippen LogP contribution >= 0.6 is 12.2 Å². The Morgan fingerprint density at radius 3 is 2.33 bits per heavy atom. The average Bonchev–Trinajstić information content (AvgIpc) is 2.65. The van der Waals surface area contributed by atoms with Gasteiger partial charge >= 0.3 is 0 Å². The van der Waals surface area contributed by atoms with Crippen molar-refractivity contribution in [1.29, 1.82) is 0 Å². The fraction of sp³-hybridized carbons (Fsp3) is 0.105. The SMILES string of the molecule is CC(=O)N/C(=C\c1ccccc1)C(=O)NNC(=S)NCc1ccc(F)cc1. The van der Waals surface area contributed by atoms with Crippen molar-refractivity contribution in [2.75, 3.05) is 0 Å². The molecule has 0 bridgehead atoms. The molecule has 0 aliphatic heterocycles. The minimum absolute atomic E-state index is 0.0718. The highest BCUT2D eigenvalue weighted by molar-refractivity contribution is 7.80. The molecule has 0 unspecified atom stereocenters. The number of benzene rings is 2. The summed E-state index contributed by atoms with van der Waals surface area (Å²) in [6, 6.07) is 15.1. The van der Waals surface area contributed by atoms with E-state index in [1.165, 1.54) is 19.1 Å². The smallest absolute Gasteiger partial charge is 0.286 e. The molecular weight excluding hydrogens is 367 g/mol. The molecule has 0 aliphatic rings. The molecule has 0 spiro atoms. The predicted octanol–water partition coefficient (Wildman–Crippen LogP) is 2.00. The normalized spacial score (nSPS) is 10.7. The Morgan fingerprint density at radius 2 is 1.70 bits per heavy atom. The molecule has 0 radical (unpaired) electrons. The number of halogens is 1. The van der Waals surface area contributed by atoms with Gasteiger partial charge in [-0.05, 0) is 41.6 Å². The summed E-state index contributed by atoms with van der Waals surface area (Å²) < 4.78 is 12.9. The fourth-order valence-electron chi connectivity index (χ4n) is 2.07. The lowest BCUT2D eigenvalue weighted by molar-refractivity contribution is -0.122. The molecule has 6 nitrogen and oxygen atoms in total. The molecule has 0 atom stereocenters. The monoisotopic (exact) mass is 386 g/mol. The van der Waals surface area contributed by atoms with Gasteiger partial charge in [0.1, 0.15) is 11.5 Å². The van der Waals surface area contributed by atoms with E-state index in [1.807, 2.05) is 18.2 Å². The number of hydrazine groups is 1. The third-order valence-electron chi connectivity index (χ3n) is 3.32. The minimum Gasteiger partial charge on any atom is -0.357 e. The van der Waals surface area contributed by atoms with Crippen LogP contribution in [0.1, 0.15) is 18.1 Å². The zero-order valence-corrected chi connectivity index (χ0v) is 15.4. The summed E-state index contributed by atoms with van der Waals surface area (Å²) in [6.07, 6.45) is 1.55. The largest absolute Gasteiger partial charge is 0.357 e. The Labute approximate surface area is 161 Å². The van der Waals surface area contributed by atoms with Gasteiger partial charge in [-0.15, -0.1) is 0 Å². The van der Waals surface area contributed by atoms with E-state index in [0.717, 1.165) is 11.1 Å². The van der Waals surface area contributed by atoms with Gasteiger partial charge in [-0.2, -0.15) is 0 Å². The lowest BCUT2D eigenvalue weighted by atomic mass is 10.2. The van der Waals surface area contributed by atoms with Gasteiger partial charge in [0.15, 0.2) is 5.11 Å². The first-order valence-corrected chi connectivity index (χ1v) is 8.48. The van der Waals surface area contributed by atoms with Crippen molar-refractivity contribution < 1.29 is 14.0 Å². The first kappa shape index (κ1) is 20.1. The maximum Gasteiger partial charge on any atom is 0.286 e. The number of carbonyl (C=O) groups excluding carboxylic acids is 2. The molecule has 8 heteroatoms. The molecule has 0 saturated carbocycles. The van der Waals surface area contributed by atoms with Crippen LogP contribution in [0.4, 0.5) is 4.39 Å². The van der Waals surface area contributed by atoms with Crippen LogP contribution in [-0.2, 0) is 16.1 Å². The molecule has 2 aromatic carbocycles. The molecule has 2 rings (SSSR count). The second-order valence-electron chi connectivity index (χ2n) is 5.54. The predicted molar refractivity (Wildman–Crippen MR) is 105 cm³/mol. The number of nitrogens with one attached hydrogen (secondary N) is 4. The van der Waals surface area contributed by atoms with Crippen molar-refractivity contribution >= 4 is 35.2 Å². The van der Waals surface area contributed by atoms with Crippen molar-refractivity contribution in [2.45, 2.75) is 13.5 Å². The zero-order valence-electron chi connectivity index (χ0n) is 14.6. The highest BCUT2D eigenvalue weighted by atomic mass is 32.1. The minimum atomic E-state index is -0.556. The van der Waals surface area contributed by atoms with E-state index >= 15 is 0 Å². The summed E-state index contributed by atoms with van der Waals surface area (Å²) in [4.78, 5) is 23.7. The van der Waals surface area contributed by atoms with E-state index in [-0.39, 0.29) is 22.5 Å². The van der Waals surface area contributed by atoms with E-state index < -0.39 is 5.91 Å². The van der Waals surface area contributed by atoms with Gasteiger partial charge in [0.25, 0.3) is 5.91 Å².